The lowest BCUT2D eigenvalue weighted by atomic mass is 10.1. The molecular weight excluding hydrogens is 430 g/mol. The second-order valence-corrected chi connectivity index (χ2v) is 8.08. The van der Waals surface area contributed by atoms with E-state index in [2.05, 4.69) is 39.4 Å². The molecule has 2 aromatic rings. The lowest BCUT2D eigenvalue weighted by molar-refractivity contribution is -0.123. The van der Waals surface area contributed by atoms with Crippen LogP contribution in [0.3, 0.4) is 0 Å². The normalized spacial score (nSPS) is 18.6. The number of ketones is 1. The first-order chi connectivity index (χ1) is 15.1. The monoisotopic (exact) mass is 459 g/mol. The first-order valence-corrected chi connectivity index (χ1v) is 10.6. The molecule has 1 heterocycles. The second kappa shape index (κ2) is 10.8. The van der Waals surface area contributed by atoms with E-state index in [1.165, 1.54) is 5.56 Å². The number of Topliss-reactive ketones (excluding diaryl/α,β-unsaturated/α-hetero) is 1. The Labute approximate surface area is 195 Å². The number of hydrogen-bond acceptors (Lipinski definition) is 6. The van der Waals surface area contributed by atoms with Gasteiger partial charge in [-0.2, -0.15) is 0 Å². The number of benzene rings is 2. The van der Waals surface area contributed by atoms with Gasteiger partial charge in [0.15, 0.2) is 17.3 Å². The number of nitrogens with one attached hydrogen (secondary N) is 1. The second-order valence-electron chi connectivity index (χ2n) is 8.08. The Balaban J connectivity index is 0.00000289. The minimum Gasteiger partial charge on any atom is -0.493 e. The molecule has 0 spiro atoms. The zero-order chi connectivity index (χ0) is 21.8. The predicted octanol–water partition coefficient (Wildman–Crippen LogP) is 2.69. The van der Waals surface area contributed by atoms with Crippen LogP contribution < -0.4 is 14.8 Å². The summed E-state index contributed by atoms with van der Waals surface area (Å²) in [4.78, 5) is 29.7. The van der Waals surface area contributed by atoms with Gasteiger partial charge < -0.3 is 14.8 Å². The molecule has 4 rings (SSSR count). The van der Waals surface area contributed by atoms with Crippen molar-refractivity contribution in [1.29, 1.82) is 0 Å². The van der Waals surface area contributed by atoms with Gasteiger partial charge in [-0.1, -0.05) is 30.3 Å². The fraction of sp³-hybridized carbons (Fsp3) is 0.417. The van der Waals surface area contributed by atoms with Crippen molar-refractivity contribution in [2.24, 2.45) is 0 Å². The Morgan fingerprint density at radius 3 is 2.28 bits per heavy atom. The summed E-state index contributed by atoms with van der Waals surface area (Å²) < 4.78 is 10.7. The summed E-state index contributed by atoms with van der Waals surface area (Å²) in [5, 5.41) is 3.04. The highest BCUT2D eigenvalue weighted by Crippen LogP contribution is 2.39. The fourth-order valence-electron chi connectivity index (χ4n) is 4.35. The largest absolute Gasteiger partial charge is 0.493 e. The molecule has 1 aliphatic heterocycles. The molecule has 172 valence electrons. The van der Waals surface area contributed by atoms with E-state index < -0.39 is 0 Å². The number of carbonyl (C=O) groups is 2. The van der Waals surface area contributed by atoms with E-state index in [0.29, 0.717) is 23.6 Å². The maximum absolute atomic E-state index is 12.7. The van der Waals surface area contributed by atoms with Gasteiger partial charge in [0.25, 0.3) is 0 Å². The minimum absolute atomic E-state index is 0. The first-order valence-electron chi connectivity index (χ1n) is 10.6. The Kier molecular flexibility index (Phi) is 8.12. The summed E-state index contributed by atoms with van der Waals surface area (Å²) in [6, 6.07) is 13.6. The zero-order valence-corrected chi connectivity index (χ0v) is 19.3. The number of ether oxygens (including phenoxy) is 2. The number of halogens is 1. The van der Waals surface area contributed by atoms with Crippen LogP contribution in [0.5, 0.6) is 11.5 Å². The molecule has 1 amide bonds. The minimum atomic E-state index is -0.325. The maximum atomic E-state index is 12.7. The molecule has 0 aromatic heterocycles. The summed E-state index contributed by atoms with van der Waals surface area (Å²) in [6.45, 7) is 4.85. The van der Waals surface area contributed by atoms with Gasteiger partial charge in [0, 0.05) is 44.7 Å². The van der Waals surface area contributed by atoms with Crippen LogP contribution in [-0.4, -0.2) is 68.4 Å². The van der Waals surface area contributed by atoms with E-state index in [-0.39, 0.29) is 36.6 Å². The molecule has 7 nitrogen and oxygen atoms in total. The third-order valence-electron chi connectivity index (χ3n) is 6.04. The molecule has 8 heteroatoms. The van der Waals surface area contributed by atoms with Gasteiger partial charge in [0.1, 0.15) is 0 Å². The van der Waals surface area contributed by atoms with E-state index in [9.17, 15) is 9.59 Å². The summed E-state index contributed by atoms with van der Waals surface area (Å²) in [5.41, 5.74) is 2.70. The van der Waals surface area contributed by atoms with Gasteiger partial charge in [-0.05, 0) is 23.3 Å². The standard InChI is InChI=1S/C24H29N3O4.ClH/c1-30-22-12-18-19(13-23(22)31-2)21(28)14-20(18)25-24(29)16-27-10-8-26(9-11-27)15-17-6-4-3-5-7-17;/h3-7,12-13,20H,8-11,14-16H2,1-2H3,(H,25,29);1H. The van der Waals surface area contributed by atoms with Crippen molar-refractivity contribution >= 4 is 24.1 Å². The van der Waals surface area contributed by atoms with Crippen LogP contribution in [0, 0.1) is 0 Å². The topological polar surface area (TPSA) is 71.1 Å². The van der Waals surface area contributed by atoms with E-state index in [0.717, 1.165) is 38.3 Å². The number of carbonyl (C=O) groups excluding carboxylic acids is 2. The van der Waals surface area contributed by atoms with Crippen molar-refractivity contribution in [3.05, 3.63) is 59.2 Å². The van der Waals surface area contributed by atoms with Crippen LogP contribution >= 0.6 is 12.4 Å². The molecule has 2 aromatic carbocycles. The van der Waals surface area contributed by atoms with Crippen LogP contribution in [0.1, 0.15) is 33.9 Å². The predicted molar refractivity (Wildman–Crippen MR) is 125 cm³/mol. The number of methoxy groups -OCH3 is 2. The van der Waals surface area contributed by atoms with Crippen molar-refractivity contribution < 1.29 is 19.1 Å². The Morgan fingerprint density at radius 1 is 1.00 bits per heavy atom. The summed E-state index contributed by atoms with van der Waals surface area (Å²) in [5.74, 6) is 1.03. The molecule has 32 heavy (non-hydrogen) atoms. The van der Waals surface area contributed by atoms with Crippen molar-refractivity contribution in [1.82, 2.24) is 15.1 Å². The van der Waals surface area contributed by atoms with Crippen LogP contribution in [0.2, 0.25) is 0 Å². The Hall–Kier alpha value is -2.61. The molecule has 1 N–H and O–H groups in total. The van der Waals surface area contributed by atoms with Crippen LogP contribution in [0.15, 0.2) is 42.5 Å². The summed E-state index contributed by atoms with van der Waals surface area (Å²) in [6.07, 6.45) is 0.266. The molecule has 1 saturated heterocycles. The third-order valence-corrected chi connectivity index (χ3v) is 6.04. The smallest absolute Gasteiger partial charge is 0.234 e. The molecule has 1 unspecified atom stereocenters. The lowest BCUT2D eigenvalue weighted by Gasteiger charge is -2.34. The quantitative estimate of drug-likeness (QED) is 0.686. The summed E-state index contributed by atoms with van der Waals surface area (Å²) in [7, 11) is 3.11. The number of rotatable bonds is 7. The number of fused-ring (bicyclic) bond motifs is 1. The Bertz CT molecular complexity index is 946. The van der Waals surface area contributed by atoms with E-state index in [1.807, 2.05) is 6.07 Å². The number of amides is 1. The number of hydrogen-bond donors (Lipinski definition) is 1. The average Bonchev–Trinajstić information content (AvgIpc) is 3.08. The Morgan fingerprint density at radius 2 is 1.62 bits per heavy atom. The molecule has 1 aliphatic carbocycles. The van der Waals surface area contributed by atoms with E-state index >= 15 is 0 Å². The average molecular weight is 460 g/mol. The van der Waals surface area contributed by atoms with Crippen LogP contribution in [0.4, 0.5) is 0 Å². The highest BCUT2D eigenvalue weighted by atomic mass is 35.5. The zero-order valence-electron chi connectivity index (χ0n) is 18.5. The summed E-state index contributed by atoms with van der Waals surface area (Å²) >= 11 is 0. The van der Waals surface area contributed by atoms with E-state index in [1.54, 1.807) is 26.4 Å². The third kappa shape index (κ3) is 5.41. The molecule has 1 fully saturated rings. The molecule has 0 bridgehead atoms. The van der Waals surface area contributed by atoms with Crippen LogP contribution in [-0.2, 0) is 11.3 Å². The van der Waals surface area contributed by atoms with Crippen LogP contribution in [0.25, 0.3) is 0 Å². The van der Waals surface area contributed by atoms with Gasteiger partial charge in [0.05, 0.1) is 26.8 Å². The molecule has 0 radical (unpaired) electrons. The molecular formula is C24H30ClN3O4. The van der Waals surface area contributed by atoms with Crippen molar-refractivity contribution in [2.45, 2.75) is 19.0 Å². The lowest BCUT2D eigenvalue weighted by Crippen LogP contribution is -2.49. The van der Waals surface area contributed by atoms with Crippen molar-refractivity contribution in [2.75, 3.05) is 46.9 Å². The van der Waals surface area contributed by atoms with Gasteiger partial charge in [-0.15, -0.1) is 12.4 Å². The van der Waals surface area contributed by atoms with Gasteiger partial charge in [-0.25, -0.2) is 0 Å². The highest BCUT2D eigenvalue weighted by molar-refractivity contribution is 6.02. The molecule has 1 atom stereocenters. The van der Waals surface area contributed by atoms with Gasteiger partial charge >= 0.3 is 0 Å². The number of piperazine rings is 1. The van der Waals surface area contributed by atoms with E-state index in [4.69, 9.17) is 9.47 Å². The fourth-order valence-corrected chi connectivity index (χ4v) is 4.35. The SMILES string of the molecule is COc1cc2c(cc1OC)C(NC(=O)CN1CCN(Cc3ccccc3)CC1)CC2=O.Cl. The molecule has 2 aliphatic rings. The maximum Gasteiger partial charge on any atom is 0.234 e. The van der Waals surface area contributed by atoms with Crippen molar-refractivity contribution in [3.8, 4) is 11.5 Å². The highest BCUT2D eigenvalue weighted by Gasteiger charge is 2.32. The van der Waals surface area contributed by atoms with Crippen molar-refractivity contribution in [3.63, 3.8) is 0 Å². The van der Waals surface area contributed by atoms with Gasteiger partial charge in [0.2, 0.25) is 5.91 Å². The first kappa shape index (κ1) is 24.0. The molecule has 0 saturated carbocycles. The number of nitrogens with zero attached hydrogens (tertiary/aromatic N) is 2. The van der Waals surface area contributed by atoms with Gasteiger partial charge in [-0.3, -0.25) is 19.4 Å².